The molecule has 0 spiro atoms. The molecule has 0 atom stereocenters. The van der Waals surface area contributed by atoms with E-state index >= 15 is 0 Å². The van der Waals surface area contributed by atoms with Crippen LogP contribution in [-0.4, -0.2) is 10.5 Å². The maximum atomic E-state index is 13.5. The average Bonchev–Trinajstić information content (AvgIpc) is 3.24. The van der Waals surface area contributed by atoms with Crippen molar-refractivity contribution in [3.05, 3.63) is 93.7 Å². The molecule has 4 rings (SSSR count). The molecule has 0 bridgehead atoms. The molecule has 136 valence electrons. The van der Waals surface area contributed by atoms with E-state index in [1.807, 2.05) is 40.3 Å². The minimum absolute atomic E-state index is 0.162. The van der Waals surface area contributed by atoms with Gasteiger partial charge in [0.25, 0.3) is 5.91 Å². The standard InChI is InChI=1S/C21H16ClFN2OS/c22-16-6-4-14(5-7-16)12-24-21(26)19-11-20-18(8-9-27-20)25(19)13-15-2-1-3-17(23)10-15/h1-11H,12-13H2,(H,24,26). The van der Waals surface area contributed by atoms with Gasteiger partial charge in [0, 0.05) is 18.1 Å². The Morgan fingerprint density at radius 2 is 1.89 bits per heavy atom. The van der Waals surface area contributed by atoms with Gasteiger partial charge in [-0.05, 0) is 52.9 Å². The number of nitrogens with one attached hydrogen (secondary N) is 1. The minimum Gasteiger partial charge on any atom is -0.347 e. The van der Waals surface area contributed by atoms with Crippen molar-refractivity contribution in [2.75, 3.05) is 0 Å². The fourth-order valence-electron chi connectivity index (χ4n) is 3.03. The van der Waals surface area contributed by atoms with Crippen molar-refractivity contribution in [3.8, 4) is 0 Å². The van der Waals surface area contributed by atoms with Crippen molar-refractivity contribution >= 4 is 39.1 Å². The average molecular weight is 399 g/mol. The number of benzene rings is 2. The number of fused-ring (bicyclic) bond motifs is 1. The molecule has 0 radical (unpaired) electrons. The van der Waals surface area contributed by atoms with Crippen LogP contribution in [0.1, 0.15) is 21.6 Å². The molecule has 0 unspecified atom stereocenters. The SMILES string of the molecule is O=C(NCc1ccc(Cl)cc1)c1cc2sccc2n1Cc1cccc(F)c1. The number of amides is 1. The van der Waals surface area contributed by atoms with Gasteiger partial charge >= 0.3 is 0 Å². The van der Waals surface area contributed by atoms with Crippen LogP contribution in [0.3, 0.4) is 0 Å². The molecule has 0 aliphatic carbocycles. The largest absolute Gasteiger partial charge is 0.347 e. The molecule has 6 heteroatoms. The summed E-state index contributed by atoms with van der Waals surface area (Å²) in [6, 6.07) is 17.7. The molecule has 0 aliphatic rings. The molecule has 0 aliphatic heterocycles. The molecule has 1 amide bonds. The maximum absolute atomic E-state index is 13.5. The van der Waals surface area contributed by atoms with Crippen LogP contribution >= 0.6 is 22.9 Å². The number of thiophene rings is 1. The fourth-order valence-corrected chi connectivity index (χ4v) is 3.98. The van der Waals surface area contributed by atoms with Crippen LogP contribution in [0.5, 0.6) is 0 Å². The number of nitrogens with zero attached hydrogens (tertiary/aromatic N) is 1. The van der Waals surface area contributed by atoms with Crippen molar-refractivity contribution in [3.63, 3.8) is 0 Å². The van der Waals surface area contributed by atoms with Crippen LogP contribution in [0.2, 0.25) is 5.02 Å². The second-order valence-corrected chi connectivity index (χ2v) is 7.61. The van der Waals surface area contributed by atoms with Crippen molar-refractivity contribution in [1.29, 1.82) is 0 Å². The zero-order valence-electron chi connectivity index (χ0n) is 14.3. The number of carbonyl (C=O) groups excluding carboxylic acids is 1. The summed E-state index contributed by atoms with van der Waals surface area (Å²) < 4.78 is 16.5. The van der Waals surface area contributed by atoms with E-state index in [4.69, 9.17) is 11.6 Å². The quantitative estimate of drug-likeness (QED) is 0.475. The lowest BCUT2D eigenvalue weighted by atomic mass is 10.2. The number of aromatic nitrogens is 1. The molecule has 4 aromatic rings. The smallest absolute Gasteiger partial charge is 0.268 e. The highest BCUT2D eigenvalue weighted by Crippen LogP contribution is 2.26. The maximum Gasteiger partial charge on any atom is 0.268 e. The van der Waals surface area contributed by atoms with Gasteiger partial charge in [0.2, 0.25) is 0 Å². The van der Waals surface area contributed by atoms with E-state index in [2.05, 4.69) is 5.32 Å². The van der Waals surface area contributed by atoms with Crippen LogP contribution in [-0.2, 0) is 13.1 Å². The van der Waals surface area contributed by atoms with Crippen LogP contribution in [0, 0.1) is 5.82 Å². The first-order chi connectivity index (χ1) is 13.1. The number of hydrogen-bond acceptors (Lipinski definition) is 2. The normalized spacial score (nSPS) is 11.0. The van der Waals surface area contributed by atoms with Crippen molar-refractivity contribution in [2.45, 2.75) is 13.1 Å². The van der Waals surface area contributed by atoms with E-state index in [-0.39, 0.29) is 11.7 Å². The lowest BCUT2D eigenvalue weighted by Crippen LogP contribution is -2.25. The Balaban J connectivity index is 1.59. The monoisotopic (exact) mass is 398 g/mol. The summed E-state index contributed by atoms with van der Waals surface area (Å²) in [4.78, 5) is 12.8. The summed E-state index contributed by atoms with van der Waals surface area (Å²) in [6.07, 6.45) is 0. The Kier molecular flexibility index (Phi) is 4.97. The molecule has 2 aromatic heterocycles. The number of rotatable bonds is 5. The Morgan fingerprint density at radius 3 is 2.67 bits per heavy atom. The van der Waals surface area contributed by atoms with E-state index in [0.29, 0.717) is 23.8 Å². The summed E-state index contributed by atoms with van der Waals surface area (Å²) in [5.74, 6) is -0.445. The Morgan fingerprint density at radius 1 is 1.07 bits per heavy atom. The molecule has 27 heavy (non-hydrogen) atoms. The molecular weight excluding hydrogens is 383 g/mol. The third-order valence-electron chi connectivity index (χ3n) is 4.35. The van der Waals surface area contributed by atoms with Crippen LogP contribution in [0.15, 0.2) is 66.0 Å². The van der Waals surface area contributed by atoms with Gasteiger partial charge < -0.3 is 9.88 Å². The second kappa shape index (κ2) is 7.55. The highest BCUT2D eigenvalue weighted by Gasteiger charge is 2.16. The van der Waals surface area contributed by atoms with Gasteiger partial charge in [0.05, 0.1) is 10.2 Å². The Labute approximate surface area is 165 Å². The summed E-state index contributed by atoms with van der Waals surface area (Å²) >= 11 is 7.48. The molecule has 2 aromatic carbocycles. The summed E-state index contributed by atoms with van der Waals surface area (Å²) in [6.45, 7) is 0.844. The van der Waals surface area contributed by atoms with E-state index < -0.39 is 0 Å². The van der Waals surface area contributed by atoms with Gasteiger partial charge in [-0.25, -0.2) is 4.39 Å². The minimum atomic E-state index is -0.282. The van der Waals surface area contributed by atoms with E-state index in [1.165, 1.54) is 12.1 Å². The summed E-state index contributed by atoms with van der Waals surface area (Å²) in [5, 5.41) is 5.60. The second-order valence-electron chi connectivity index (χ2n) is 6.22. The Hall–Kier alpha value is -2.63. The molecule has 2 heterocycles. The first-order valence-corrected chi connectivity index (χ1v) is 9.70. The van der Waals surface area contributed by atoms with Crippen molar-refractivity contribution in [1.82, 2.24) is 9.88 Å². The third-order valence-corrected chi connectivity index (χ3v) is 5.46. The molecular formula is C21H16ClFN2OS. The van der Waals surface area contributed by atoms with Gasteiger partial charge in [-0.3, -0.25) is 4.79 Å². The third kappa shape index (κ3) is 3.89. The highest BCUT2D eigenvalue weighted by atomic mass is 35.5. The molecule has 0 saturated carbocycles. The van der Waals surface area contributed by atoms with Gasteiger partial charge in [0.1, 0.15) is 11.5 Å². The van der Waals surface area contributed by atoms with Crippen molar-refractivity contribution in [2.24, 2.45) is 0 Å². The first-order valence-electron chi connectivity index (χ1n) is 8.44. The number of carbonyl (C=O) groups is 1. The summed E-state index contributed by atoms with van der Waals surface area (Å²) in [5.41, 5.74) is 3.32. The van der Waals surface area contributed by atoms with Crippen LogP contribution in [0.4, 0.5) is 4.39 Å². The summed E-state index contributed by atoms with van der Waals surface area (Å²) in [7, 11) is 0. The van der Waals surface area contributed by atoms with E-state index in [0.717, 1.165) is 21.3 Å². The molecule has 1 N–H and O–H groups in total. The lowest BCUT2D eigenvalue weighted by molar-refractivity contribution is 0.0942. The predicted molar refractivity (Wildman–Crippen MR) is 108 cm³/mol. The molecule has 0 fully saturated rings. The fraction of sp³-hybridized carbons (Fsp3) is 0.0952. The van der Waals surface area contributed by atoms with Gasteiger partial charge in [-0.1, -0.05) is 35.9 Å². The number of hydrogen-bond donors (Lipinski definition) is 1. The number of halogens is 2. The van der Waals surface area contributed by atoms with Crippen LogP contribution in [0.25, 0.3) is 10.2 Å². The van der Waals surface area contributed by atoms with Crippen molar-refractivity contribution < 1.29 is 9.18 Å². The Bertz CT molecular complexity index is 1100. The lowest BCUT2D eigenvalue weighted by Gasteiger charge is -2.11. The topological polar surface area (TPSA) is 34.0 Å². The van der Waals surface area contributed by atoms with E-state index in [9.17, 15) is 9.18 Å². The van der Waals surface area contributed by atoms with E-state index in [1.54, 1.807) is 29.5 Å². The first kappa shape index (κ1) is 17.8. The van der Waals surface area contributed by atoms with Gasteiger partial charge in [-0.15, -0.1) is 11.3 Å². The van der Waals surface area contributed by atoms with Gasteiger partial charge in [0.15, 0.2) is 0 Å². The van der Waals surface area contributed by atoms with Gasteiger partial charge in [-0.2, -0.15) is 0 Å². The zero-order valence-corrected chi connectivity index (χ0v) is 15.9. The zero-order chi connectivity index (χ0) is 18.8. The highest BCUT2D eigenvalue weighted by molar-refractivity contribution is 7.17. The predicted octanol–water partition coefficient (Wildman–Crippen LogP) is 5.47. The molecule has 3 nitrogen and oxygen atoms in total. The molecule has 0 saturated heterocycles. The van der Waals surface area contributed by atoms with Crippen LogP contribution < -0.4 is 5.32 Å².